The van der Waals surface area contributed by atoms with E-state index >= 15 is 0 Å². The van der Waals surface area contributed by atoms with Crippen LogP contribution in [0.15, 0.2) is 35.7 Å². The molecule has 1 heterocycles. The molecule has 21 heavy (non-hydrogen) atoms. The Morgan fingerprint density at radius 1 is 1.19 bits per heavy atom. The van der Waals surface area contributed by atoms with Gasteiger partial charge in [-0.1, -0.05) is 6.92 Å². The van der Waals surface area contributed by atoms with Crippen LogP contribution in [0.1, 0.15) is 28.6 Å². The molecule has 0 unspecified atom stereocenters. The SMILES string of the molecule is CCC(=O)Nc1ccc(NCc2cc(C(N)=O)cs2)cc1. The van der Waals surface area contributed by atoms with Gasteiger partial charge < -0.3 is 16.4 Å². The van der Waals surface area contributed by atoms with E-state index in [1.807, 2.05) is 31.2 Å². The predicted octanol–water partition coefficient (Wildman–Crippen LogP) is 2.81. The van der Waals surface area contributed by atoms with Crippen molar-refractivity contribution >= 4 is 34.5 Å². The zero-order chi connectivity index (χ0) is 15.2. The molecule has 0 aliphatic carbocycles. The summed E-state index contributed by atoms with van der Waals surface area (Å²) in [6.45, 7) is 2.44. The molecule has 1 aromatic heterocycles. The first-order chi connectivity index (χ1) is 10.1. The van der Waals surface area contributed by atoms with E-state index in [0.717, 1.165) is 16.3 Å². The van der Waals surface area contributed by atoms with E-state index in [2.05, 4.69) is 10.6 Å². The molecule has 0 saturated carbocycles. The third-order valence-corrected chi connectivity index (χ3v) is 3.83. The summed E-state index contributed by atoms with van der Waals surface area (Å²) in [6.07, 6.45) is 0.459. The number of carbonyl (C=O) groups is 2. The Morgan fingerprint density at radius 2 is 1.86 bits per heavy atom. The third kappa shape index (κ3) is 4.32. The molecule has 0 radical (unpaired) electrons. The number of anilines is 2. The molecule has 0 fully saturated rings. The molecule has 2 rings (SSSR count). The summed E-state index contributed by atoms with van der Waals surface area (Å²) in [5.41, 5.74) is 7.47. The molecular formula is C15H17N3O2S. The molecular weight excluding hydrogens is 286 g/mol. The van der Waals surface area contributed by atoms with Crippen LogP contribution in [0.3, 0.4) is 0 Å². The molecule has 5 nitrogen and oxygen atoms in total. The maximum atomic E-state index is 11.3. The minimum atomic E-state index is -0.409. The highest BCUT2D eigenvalue weighted by Gasteiger charge is 2.04. The number of primary amides is 1. The average molecular weight is 303 g/mol. The van der Waals surface area contributed by atoms with Crippen LogP contribution in [0.2, 0.25) is 0 Å². The van der Waals surface area contributed by atoms with Gasteiger partial charge in [0.25, 0.3) is 0 Å². The van der Waals surface area contributed by atoms with Gasteiger partial charge in [-0.3, -0.25) is 9.59 Å². The van der Waals surface area contributed by atoms with Crippen LogP contribution < -0.4 is 16.4 Å². The smallest absolute Gasteiger partial charge is 0.249 e. The number of carbonyl (C=O) groups excluding carboxylic acids is 2. The lowest BCUT2D eigenvalue weighted by Crippen LogP contribution is -2.09. The molecule has 0 aliphatic rings. The predicted molar refractivity (Wildman–Crippen MR) is 85.5 cm³/mol. The summed E-state index contributed by atoms with van der Waals surface area (Å²) < 4.78 is 0. The minimum Gasteiger partial charge on any atom is -0.380 e. The highest BCUT2D eigenvalue weighted by Crippen LogP contribution is 2.18. The monoisotopic (exact) mass is 303 g/mol. The lowest BCUT2D eigenvalue weighted by Gasteiger charge is -2.07. The van der Waals surface area contributed by atoms with Crippen LogP contribution in [-0.4, -0.2) is 11.8 Å². The van der Waals surface area contributed by atoms with E-state index in [0.29, 0.717) is 18.5 Å². The number of benzene rings is 1. The van der Waals surface area contributed by atoms with E-state index in [9.17, 15) is 9.59 Å². The fourth-order valence-corrected chi connectivity index (χ4v) is 2.53. The lowest BCUT2D eigenvalue weighted by molar-refractivity contribution is -0.115. The highest BCUT2D eigenvalue weighted by atomic mass is 32.1. The number of hydrogen-bond donors (Lipinski definition) is 3. The van der Waals surface area contributed by atoms with Gasteiger partial charge in [-0.05, 0) is 30.3 Å². The van der Waals surface area contributed by atoms with Gasteiger partial charge in [-0.25, -0.2) is 0 Å². The number of rotatable bonds is 6. The largest absolute Gasteiger partial charge is 0.380 e. The molecule has 0 atom stereocenters. The van der Waals surface area contributed by atoms with Crippen LogP contribution in [0.5, 0.6) is 0 Å². The first-order valence-corrected chi connectivity index (χ1v) is 7.47. The summed E-state index contributed by atoms with van der Waals surface area (Å²) in [5, 5.41) is 7.80. The van der Waals surface area contributed by atoms with Crippen LogP contribution >= 0.6 is 11.3 Å². The second-order valence-electron chi connectivity index (χ2n) is 4.50. The second-order valence-corrected chi connectivity index (χ2v) is 5.49. The fourth-order valence-electron chi connectivity index (χ4n) is 1.71. The van der Waals surface area contributed by atoms with Crippen molar-refractivity contribution in [3.05, 3.63) is 46.2 Å². The highest BCUT2D eigenvalue weighted by molar-refractivity contribution is 7.10. The van der Waals surface area contributed by atoms with Gasteiger partial charge >= 0.3 is 0 Å². The normalized spacial score (nSPS) is 10.1. The van der Waals surface area contributed by atoms with Crippen molar-refractivity contribution in [1.82, 2.24) is 0 Å². The summed E-state index contributed by atoms with van der Waals surface area (Å²) in [7, 11) is 0. The summed E-state index contributed by atoms with van der Waals surface area (Å²) in [5.74, 6) is -0.415. The van der Waals surface area contributed by atoms with E-state index in [1.165, 1.54) is 11.3 Å². The second kappa shape index (κ2) is 6.90. The molecule has 4 N–H and O–H groups in total. The number of nitrogens with one attached hydrogen (secondary N) is 2. The van der Waals surface area contributed by atoms with Gasteiger partial charge in [0.15, 0.2) is 0 Å². The third-order valence-electron chi connectivity index (χ3n) is 2.89. The van der Waals surface area contributed by atoms with Crippen molar-refractivity contribution in [1.29, 1.82) is 0 Å². The van der Waals surface area contributed by atoms with Gasteiger partial charge in [0, 0.05) is 34.6 Å². The maximum Gasteiger partial charge on any atom is 0.249 e. The molecule has 2 amide bonds. The quantitative estimate of drug-likeness (QED) is 0.767. The average Bonchev–Trinajstić information content (AvgIpc) is 2.95. The molecule has 0 saturated heterocycles. The minimum absolute atomic E-state index is 0.00623. The number of amides is 2. The molecule has 0 spiro atoms. The number of nitrogens with two attached hydrogens (primary N) is 1. The zero-order valence-corrected chi connectivity index (χ0v) is 12.5. The van der Waals surface area contributed by atoms with Crippen molar-refractivity contribution in [3.63, 3.8) is 0 Å². The van der Waals surface area contributed by atoms with Gasteiger partial charge in [-0.15, -0.1) is 11.3 Å². The van der Waals surface area contributed by atoms with Crippen LogP contribution in [0, 0.1) is 0 Å². The van der Waals surface area contributed by atoms with E-state index in [1.54, 1.807) is 11.4 Å². The van der Waals surface area contributed by atoms with Crippen molar-refractivity contribution < 1.29 is 9.59 Å². The first-order valence-electron chi connectivity index (χ1n) is 6.59. The molecule has 0 bridgehead atoms. The van der Waals surface area contributed by atoms with Crippen molar-refractivity contribution in [2.24, 2.45) is 5.73 Å². The topological polar surface area (TPSA) is 84.2 Å². The fraction of sp³-hybridized carbons (Fsp3) is 0.200. The Hall–Kier alpha value is -2.34. The van der Waals surface area contributed by atoms with Crippen molar-refractivity contribution in [2.75, 3.05) is 10.6 Å². The molecule has 110 valence electrons. The Labute approximate surface area is 127 Å². The van der Waals surface area contributed by atoms with Crippen molar-refractivity contribution in [3.8, 4) is 0 Å². The van der Waals surface area contributed by atoms with Crippen LogP contribution in [0.25, 0.3) is 0 Å². The first kappa shape index (κ1) is 15.1. The summed E-state index contributed by atoms with van der Waals surface area (Å²) in [4.78, 5) is 23.3. The Balaban J connectivity index is 1.91. The summed E-state index contributed by atoms with van der Waals surface area (Å²) in [6, 6.07) is 9.27. The van der Waals surface area contributed by atoms with Crippen LogP contribution in [0.4, 0.5) is 11.4 Å². The summed E-state index contributed by atoms with van der Waals surface area (Å²) >= 11 is 1.49. The number of thiophene rings is 1. The van der Waals surface area contributed by atoms with Gasteiger partial charge in [-0.2, -0.15) is 0 Å². The van der Waals surface area contributed by atoms with Crippen LogP contribution in [-0.2, 0) is 11.3 Å². The Morgan fingerprint density at radius 3 is 2.43 bits per heavy atom. The van der Waals surface area contributed by atoms with E-state index in [4.69, 9.17) is 5.73 Å². The van der Waals surface area contributed by atoms with Gasteiger partial charge in [0.2, 0.25) is 11.8 Å². The molecule has 6 heteroatoms. The van der Waals surface area contributed by atoms with E-state index < -0.39 is 5.91 Å². The van der Waals surface area contributed by atoms with Crippen molar-refractivity contribution in [2.45, 2.75) is 19.9 Å². The van der Waals surface area contributed by atoms with Gasteiger partial charge in [0.05, 0.1) is 5.56 Å². The Bertz CT molecular complexity index is 635. The number of hydrogen-bond acceptors (Lipinski definition) is 4. The zero-order valence-electron chi connectivity index (χ0n) is 11.7. The lowest BCUT2D eigenvalue weighted by atomic mass is 10.2. The maximum absolute atomic E-state index is 11.3. The molecule has 0 aliphatic heterocycles. The molecule has 1 aromatic carbocycles. The van der Waals surface area contributed by atoms with E-state index in [-0.39, 0.29) is 5.91 Å². The standard InChI is InChI=1S/C15H17N3O2S/c1-2-14(19)18-12-5-3-11(4-6-12)17-8-13-7-10(9-21-13)15(16)20/h3-7,9,17H,2,8H2,1H3,(H2,16,20)(H,18,19). The van der Waals surface area contributed by atoms with Gasteiger partial charge in [0.1, 0.15) is 0 Å². The molecule has 2 aromatic rings. The Kier molecular flexibility index (Phi) is 4.94.